The number of nitrogens with one attached hydrogen (secondary N) is 3. The number of amides is 2. The molecule has 1 aromatic carbocycles. The zero-order chi connectivity index (χ0) is 16.5. The van der Waals surface area contributed by atoms with Gasteiger partial charge in [-0.3, -0.25) is 9.59 Å². The van der Waals surface area contributed by atoms with Gasteiger partial charge in [-0.25, -0.2) is 0 Å². The van der Waals surface area contributed by atoms with Crippen molar-refractivity contribution in [1.29, 1.82) is 0 Å². The fourth-order valence-corrected chi connectivity index (χ4v) is 2.31. The van der Waals surface area contributed by atoms with Crippen LogP contribution in [-0.4, -0.2) is 38.0 Å². The Morgan fingerprint density at radius 2 is 1.77 bits per heavy atom. The van der Waals surface area contributed by atoms with Crippen molar-refractivity contribution in [2.75, 3.05) is 25.5 Å². The van der Waals surface area contributed by atoms with E-state index in [1.165, 1.54) is 0 Å². The molecule has 0 aliphatic rings. The first-order valence-corrected chi connectivity index (χ1v) is 7.94. The monoisotopic (exact) mass is 326 g/mol. The maximum atomic E-state index is 11.9. The Labute approximate surface area is 137 Å². The summed E-state index contributed by atoms with van der Waals surface area (Å²) in [5.74, 6) is -0.160. The van der Waals surface area contributed by atoms with Crippen molar-refractivity contribution in [3.05, 3.63) is 29.3 Å². The Bertz CT molecular complexity index is 491. The highest BCUT2D eigenvalue weighted by Crippen LogP contribution is 2.12. The highest BCUT2D eigenvalue weighted by atomic mass is 35.5. The summed E-state index contributed by atoms with van der Waals surface area (Å²) >= 11 is 5.79. The van der Waals surface area contributed by atoms with Crippen molar-refractivity contribution in [3.8, 4) is 0 Å². The van der Waals surface area contributed by atoms with Gasteiger partial charge in [0.25, 0.3) is 11.8 Å². The Morgan fingerprint density at radius 1 is 1.18 bits per heavy atom. The van der Waals surface area contributed by atoms with E-state index in [-0.39, 0.29) is 30.9 Å². The second-order valence-corrected chi connectivity index (χ2v) is 6.06. The van der Waals surface area contributed by atoms with E-state index in [4.69, 9.17) is 11.6 Å². The molecule has 122 valence electrons. The van der Waals surface area contributed by atoms with Crippen LogP contribution in [0.25, 0.3) is 0 Å². The quantitative estimate of drug-likeness (QED) is 0.670. The third kappa shape index (κ3) is 7.43. The number of hydrogen-bond donors (Lipinski definition) is 3. The highest BCUT2D eigenvalue weighted by molar-refractivity contribution is 6.30. The molecule has 0 fully saturated rings. The molecule has 0 radical (unpaired) electrons. The van der Waals surface area contributed by atoms with E-state index in [1.807, 2.05) is 14.0 Å². The normalized spacial score (nSPS) is 13.3. The van der Waals surface area contributed by atoms with Gasteiger partial charge < -0.3 is 15.5 Å². The molecule has 0 bridgehead atoms. The van der Waals surface area contributed by atoms with Gasteiger partial charge in [0.05, 0.1) is 7.05 Å². The van der Waals surface area contributed by atoms with Crippen LogP contribution in [0.4, 0.5) is 5.69 Å². The molecule has 22 heavy (non-hydrogen) atoms. The molecule has 0 aliphatic heterocycles. The third-order valence-electron chi connectivity index (χ3n) is 3.18. The molecule has 5 nitrogen and oxygen atoms in total. The third-order valence-corrected chi connectivity index (χ3v) is 3.43. The van der Waals surface area contributed by atoms with Crippen LogP contribution in [0.3, 0.4) is 0 Å². The summed E-state index contributed by atoms with van der Waals surface area (Å²) in [7, 11) is 1.82. The van der Waals surface area contributed by atoms with Gasteiger partial charge in [0.2, 0.25) is 0 Å². The van der Waals surface area contributed by atoms with E-state index in [1.54, 1.807) is 24.3 Å². The molecule has 0 saturated carbocycles. The van der Waals surface area contributed by atoms with Gasteiger partial charge >= 0.3 is 0 Å². The molecule has 0 heterocycles. The number of carbonyl (C=O) groups excluding carboxylic acids is 2. The maximum Gasteiger partial charge on any atom is 0.279 e. The molecular weight excluding hydrogens is 302 g/mol. The van der Waals surface area contributed by atoms with E-state index in [0.29, 0.717) is 10.7 Å². The lowest BCUT2D eigenvalue weighted by Gasteiger charge is -2.16. The highest BCUT2D eigenvalue weighted by Gasteiger charge is 2.15. The minimum atomic E-state index is -0.130. The Kier molecular flexibility index (Phi) is 7.91. The zero-order valence-electron chi connectivity index (χ0n) is 13.4. The fourth-order valence-electron chi connectivity index (χ4n) is 2.18. The molecule has 1 aromatic rings. The van der Waals surface area contributed by atoms with Gasteiger partial charge in [-0.05, 0) is 37.6 Å². The van der Waals surface area contributed by atoms with Crippen LogP contribution in [0, 0.1) is 0 Å². The summed E-state index contributed by atoms with van der Waals surface area (Å²) in [5.41, 5.74) is 0.697. The lowest BCUT2D eigenvalue weighted by molar-refractivity contribution is -0.862. The predicted octanol–water partition coefficient (Wildman–Crippen LogP) is 1.10. The summed E-state index contributed by atoms with van der Waals surface area (Å²) in [4.78, 5) is 24.6. The Balaban J connectivity index is 2.34. The second kappa shape index (κ2) is 9.43. The number of benzene rings is 1. The van der Waals surface area contributed by atoms with E-state index in [9.17, 15) is 9.59 Å². The Morgan fingerprint density at radius 3 is 2.36 bits per heavy atom. The van der Waals surface area contributed by atoms with Crippen molar-refractivity contribution < 1.29 is 14.5 Å². The predicted molar refractivity (Wildman–Crippen MR) is 89.2 cm³/mol. The van der Waals surface area contributed by atoms with Crippen LogP contribution >= 0.6 is 11.6 Å². The van der Waals surface area contributed by atoms with E-state index in [2.05, 4.69) is 17.6 Å². The average Bonchev–Trinajstić information content (AvgIpc) is 2.40. The SMILES string of the molecule is CCC[C@H](C)NC(=O)C[NH+](C)CC(=O)Nc1ccc(Cl)cc1. The van der Waals surface area contributed by atoms with Crippen LogP contribution in [0.5, 0.6) is 0 Å². The minimum Gasteiger partial charge on any atom is -0.349 e. The van der Waals surface area contributed by atoms with Crippen molar-refractivity contribution in [3.63, 3.8) is 0 Å². The molecular formula is C16H25ClN3O2+. The summed E-state index contributed by atoms with van der Waals surface area (Å²) in [6.07, 6.45) is 2.00. The summed E-state index contributed by atoms with van der Waals surface area (Å²) in [5, 5.41) is 6.34. The van der Waals surface area contributed by atoms with Gasteiger partial charge in [0.15, 0.2) is 13.1 Å². The molecule has 2 atom stereocenters. The second-order valence-electron chi connectivity index (χ2n) is 5.62. The number of quaternary nitrogens is 1. The van der Waals surface area contributed by atoms with E-state index >= 15 is 0 Å². The first-order valence-electron chi connectivity index (χ1n) is 7.56. The zero-order valence-corrected chi connectivity index (χ0v) is 14.2. The molecule has 0 aromatic heterocycles. The van der Waals surface area contributed by atoms with Crippen LogP contribution in [0.1, 0.15) is 26.7 Å². The number of halogens is 1. The molecule has 6 heteroatoms. The topological polar surface area (TPSA) is 62.6 Å². The largest absolute Gasteiger partial charge is 0.349 e. The molecule has 1 rings (SSSR count). The van der Waals surface area contributed by atoms with Gasteiger partial charge in [-0.1, -0.05) is 24.9 Å². The van der Waals surface area contributed by atoms with Crippen LogP contribution in [0.2, 0.25) is 5.02 Å². The number of rotatable bonds is 8. The molecule has 0 saturated heterocycles. The van der Waals surface area contributed by atoms with E-state index in [0.717, 1.165) is 17.7 Å². The van der Waals surface area contributed by atoms with Crippen LogP contribution in [-0.2, 0) is 9.59 Å². The molecule has 1 unspecified atom stereocenters. The smallest absolute Gasteiger partial charge is 0.279 e. The van der Waals surface area contributed by atoms with E-state index < -0.39 is 0 Å². The number of hydrogen-bond acceptors (Lipinski definition) is 2. The summed E-state index contributed by atoms with van der Waals surface area (Å²) < 4.78 is 0. The van der Waals surface area contributed by atoms with Gasteiger partial charge in [0, 0.05) is 16.8 Å². The van der Waals surface area contributed by atoms with Crippen LogP contribution < -0.4 is 15.5 Å². The first kappa shape index (κ1) is 18.5. The summed E-state index contributed by atoms with van der Waals surface area (Å²) in [6.45, 7) is 4.59. The van der Waals surface area contributed by atoms with Gasteiger partial charge in [-0.2, -0.15) is 0 Å². The van der Waals surface area contributed by atoms with Gasteiger partial charge in [0.1, 0.15) is 0 Å². The molecule has 0 aliphatic carbocycles. The Hall–Kier alpha value is -1.59. The maximum absolute atomic E-state index is 11.9. The lowest BCUT2D eigenvalue weighted by Crippen LogP contribution is -3.11. The first-order chi connectivity index (χ1) is 10.4. The molecule has 2 amide bonds. The number of likely N-dealkylation sites (N-methyl/N-ethyl adjacent to an activating group) is 1. The van der Waals surface area contributed by atoms with Gasteiger partial charge in [-0.15, -0.1) is 0 Å². The van der Waals surface area contributed by atoms with Crippen molar-refractivity contribution in [1.82, 2.24) is 5.32 Å². The van der Waals surface area contributed by atoms with Crippen molar-refractivity contribution in [2.45, 2.75) is 32.7 Å². The standard InChI is InChI=1S/C16H24ClN3O2/c1-4-5-12(2)18-15(21)10-20(3)11-16(22)19-14-8-6-13(17)7-9-14/h6-9,12H,4-5,10-11H2,1-3H3,(H,18,21)(H,19,22)/p+1/t12-/m0/s1. The molecule has 0 spiro atoms. The summed E-state index contributed by atoms with van der Waals surface area (Å²) in [6, 6.07) is 7.10. The molecule has 3 N–H and O–H groups in total. The number of carbonyl (C=O) groups is 2. The number of anilines is 1. The van der Waals surface area contributed by atoms with Crippen LogP contribution in [0.15, 0.2) is 24.3 Å². The average molecular weight is 327 g/mol. The lowest BCUT2D eigenvalue weighted by atomic mass is 10.2. The minimum absolute atomic E-state index is 0.0299. The van der Waals surface area contributed by atoms with Crippen molar-refractivity contribution in [2.24, 2.45) is 0 Å². The fraction of sp³-hybridized carbons (Fsp3) is 0.500. The van der Waals surface area contributed by atoms with Crippen molar-refractivity contribution >= 4 is 29.1 Å².